The standard InChI is InChI=1S/C23H32FN5O.HI/c1-4-25-23(27-12-11-18-7-6-10-21(24)16-18)28-17-19-8-5-9-20(15-19)22(30)26-13-14-29(2)3;/h5-10,15-16H,4,11-14,17H2,1-3H3,(H,26,30)(H2,25,27,28);1H. The molecule has 2 aromatic rings. The Bertz CT molecular complexity index is 844. The Balaban J connectivity index is 0.00000480. The van der Waals surface area contributed by atoms with Gasteiger partial charge in [0, 0.05) is 31.7 Å². The van der Waals surface area contributed by atoms with E-state index in [1.54, 1.807) is 18.2 Å². The molecule has 170 valence electrons. The van der Waals surface area contributed by atoms with Gasteiger partial charge in [0.2, 0.25) is 0 Å². The van der Waals surface area contributed by atoms with Crippen LogP contribution in [-0.2, 0) is 13.0 Å². The molecule has 31 heavy (non-hydrogen) atoms. The summed E-state index contributed by atoms with van der Waals surface area (Å²) in [5, 5.41) is 9.40. The first-order valence-electron chi connectivity index (χ1n) is 10.3. The van der Waals surface area contributed by atoms with E-state index in [1.165, 1.54) is 6.07 Å². The van der Waals surface area contributed by atoms with Gasteiger partial charge in [-0.25, -0.2) is 9.38 Å². The maximum atomic E-state index is 13.3. The van der Waals surface area contributed by atoms with Crippen LogP contribution in [-0.4, -0.2) is 57.0 Å². The number of nitrogens with zero attached hydrogens (tertiary/aromatic N) is 2. The number of nitrogens with one attached hydrogen (secondary N) is 3. The molecule has 0 heterocycles. The van der Waals surface area contributed by atoms with Crippen molar-refractivity contribution < 1.29 is 9.18 Å². The maximum Gasteiger partial charge on any atom is 0.251 e. The Morgan fingerprint density at radius 1 is 1.00 bits per heavy atom. The number of carbonyl (C=O) groups excluding carboxylic acids is 1. The second-order valence-corrected chi connectivity index (χ2v) is 7.26. The minimum atomic E-state index is -0.223. The minimum Gasteiger partial charge on any atom is -0.357 e. The smallest absolute Gasteiger partial charge is 0.251 e. The first-order valence-corrected chi connectivity index (χ1v) is 10.3. The van der Waals surface area contributed by atoms with E-state index in [-0.39, 0.29) is 35.7 Å². The first-order chi connectivity index (χ1) is 14.5. The summed E-state index contributed by atoms with van der Waals surface area (Å²) in [7, 11) is 3.94. The highest BCUT2D eigenvalue weighted by molar-refractivity contribution is 14.0. The molecule has 0 saturated carbocycles. The van der Waals surface area contributed by atoms with Crippen LogP contribution in [0.5, 0.6) is 0 Å². The van der Waals surface area contributed by atoms with Gasteiger partial charge in [0.25, 0.3) is 5.91 Å². The van der Waals surface area contributed by atoms with Crippen LogP contribution in [0.25, 0.3) is 0 Å². The van der Waals surface area contributed by atoms with Crippen molar-refractivity contribution in [2.24, 2.45) is 4.99 Å². The molecule has 0 unspecified atom stereocenters. The molecule has 1 amide bonds. The van der Waals surface area contributed by atoms with Crippen LogP contribution < -0.4 is 16.0 Å². The summed E-state index contributed by atoms with van der Waals surface area (Å²) in [5.74, 6) is 0.385. The zero-order chi connectivity index (χ0) is 21.8. The van der Waals surface area contributed by atoms with Crippen LogP contribution in [0.15, 0.2) is 53.5 Å². The van der Waals surface area contributed by atoms with E-state index < -0.39 is 0 Å². The average Bonchev–Trinajstić information content (AvgIpc) is 2.72. The molecular formula is C23H33FIN5O. The topological polar surface area (TPSA) is 68.8 Å². The van der Waals surface area contributed by atoms with E-state index in [1.807, 2.05) is 50.2 Å². The normalized spacial score (nSPS) is 11.1. The van der Waals surface area contributed by atoms with Crippen LogP contribution in [0.1, 0.15) is 28.4 Å². The first kappa shape index (κ1) is 26.8. The molecule has 2 aromatic carbocycles. The Hall–Kier alpha value is -2.20. The summed E-state index contributed by atoms with van der Waals surface area (Å²) in [4.78, 5) is 18.9. The molecule has 2 rings (SSSR count). The van der Waals surface area contributed by atoms with Gasteiger partial charge in [-0.1, -0.05) is 24.3 Å². The molecule has 8 heteroatoms. The van der Waals surface area contributed by atoms with E-state index in [0.717, 1.165) is 24.2 Å². The minimum absolute atomic E-state index is 0. The van der Waals surface area contributed by atoms with Crippen LogP contribution >= 0.6 is 24.0 Å². The molecule has 0 aliphatic rings. The number of aliphatic imine (C=N–C) groups is 1. The Morgan fingerprint density at radius 3 is 2.45 bits per heavy atom. The van der Waals surface area contributed by atoms with Crippen LogP contribution in [0, 0.1) is 5.82 Å². The third kappa shape index (κ3) is 10.6. The van der Waals surface area contributed by atoms with Crippen molar-refractivity contribution in [1.29, 1.82) is 0 Å². The maximum absolute atomic E-state index is 13.3. The van der Waals surface area contributed by atoms with Crippen LogP contribution in [0.3, 0.4) is 0 Å². The van der Waals surface area contributed by atoms with Gasteiger partial charge in [0.1, 0.15) is 5.82 Å². The van der Waals surface area contributed by atoms with Gasteiger partial charge in [0.05, 0.1) is 6.54 Å². The van der Waals surface area contributed by atoms with Crippen molar-refractivity contribution in [3.8, 4) is 0 Å². The predicted octanol–water partition coefficient (Wildman–Crippen LogP) is 3.03. The molecule has 0 bridgehead atoms. The number of benzene rings is 2. The molecule has 0 fully saturated rings. The zero-order valence-corrected chi connectivity index (χ0v) is 20.8. The lowest BCUT2D eigenvalue weighted by Crippen LogP contribution is -2.38. The van der Waals surface area contributed by atoms with Gasteiger partial charge < -0.3 is 20.9 Å². The van der Waals surface area contributed by atoms with Gasteiger partial charge in [0.15, 0.2) is 5.96 Å². The summed E-state index contributed by atoms with van der Waals surface area (Å²) in [5.41, 5.74) is 2.52. The van der Waals surface area contributed by atoms with Crippen molar-refractivity contribution in [2.45, 2.75) is 19.9 Å². The van der Waals surface area contributed by atoms with Gasteiger partial charge in [-0.15, -0.1) is 24.0 Å². The van der Waals surface area contributed by atoms with Gasteiger partial charge in [-0.3, -0.25) is 4.79 Å². The monoisotopic (exact) mass is 541 g/mol. The lowest BCUT2D eigenvalue weighted by molar-refractivity contribution is 0.0951. The largest absolute Gasteiger partial charge is 0.357 e. The number of guanidine groups is 1. The van der Waals surface area contributed by atoms with E-state index in [4.69, 9.17) is 0 Å². The van der Waals surface area contributed by atoms with Gasteiger partial charge in [-0.2, -0.15) is 0 Å². The average molecular weight is 541 g/mol. The summed E-state index contributed by atoms with van der Waals surface area (Å²) >= 11 is 0. The molecule has 0 aliphatic heterocycles. The Labute approximate surface area is 201 Å². The van der Waals surface area contributed by atoms with Crippen molar-refractivity contribution in [3.63, 3.8) is 0 Å². The Kier molecular flexibility index (Phi) is 12.8. The highest BCUT2D eigenvalue weighted by Gasteiger charge is 2.06. The van der Waals surface area contributed by atoms with Gasteiger partial charge >= 0.3 is 0 Å². The second-order valence-electron chi connectivity index (χ2n) is 7.26. The molecule has 6 nitrogen and oxygen atoms in total. The number of likely N-dealkylation sites (N-methyl/N-ethyl adjacent to an activating group) is 1. The summed E-state index contributed by atoms with van der Waals surface area (Å²) < 4.78 is 13.3. The summed E-state index contributed by atoms with van der Waals surface area (Å²) in [6, 6.07) is 14.1. The lowest BCUT2D eigenvalue weighted by Gasteiger charge is -2.12. The molecule has 3 N–H and O–H groups in total. The number of carbonyl (C=O) groups is 1. The van der Waals surface area contributed by atoms with Crippen molar-refractivity contribution in [1.82, 2.24) is 20.9 Å². The third-order valence-corrected chi connectivity index (χ3v) is 4.39. The van der Waals surface area contributed by atoms with E-state index in [2.05, 4.69) is 20.9 Å². The zero-order valence-electron chi connectivity index (χ0n) is 18.5. The molecule has 0 aromatic heterocycles. The quantitative estimate of drug-likeness (QED) is 0.246. The van der Waals surface area contributed by atoms with E-state index >= 15 is 0 Å². The molecule has 0 atom stereocenters. The Morgan fingerprint density at radius 2 is 1.74 bits per heavy atom. The van der Waals surface area contributed by atoms with E-state index in [0.29, 0.717) is 37.6 Å². The molecule has 0 spiro atoms. The summed E-state index contributed by atoms with van der Waals surface area (Å²) in [6.07, 6.45) is 0.699. The lowest BCUT2D eigenvalue weighted by atomic mass is 10.1. The van der Waals surface area contributed by atoms with Crippen LogP contribution in [0.2, 0.25) is 0 Å². The number of rotatable bonds is 10. The fourth-order valence-corrected chi connectivity index (χ4v) is 2.84. The fraction of sp³-hybridized carbons (Fsp3) is 0.391. The number of hydrogen-bond acceptors (Lipinski definition) is 3. The molecule has 0 saturated heterocycles. The van der Waals surface area contributed by atoms with Crippen molar-refractivity contribution >= 4 is 35.8 Å². The third-order valence-electron chi connectivity index (χ3n) is 4.39. The fourth-order valence-electron chi connectivity index (χ4n) is 2.84. The highest BCUT2D eigenvalue weighted by Crippen LogP contribution is 2.07. The SMILES string of the molecule is CCNC(=NCc1cccc(C(=O)NCCN(C)C)c1)NCCc1cccc(F)c1.I. The number of hydrogen-bond donors (Lipinski definition) is 3. The number of halogens is 2. The van der Waals surface area contributed by atoms with Gasteiger partial charge in [-0.05, 0) is 62.8 Å². The van der Waals surface area contributed by atoms with Crippen molar-refractivity contribution in [3.05, 3.63) is 71.0 Å². The second kappa shape index (κ2) is 14.7. The predicted molar refractivity (Wildman–Crippen MR) is 136 cm³/mol. The molecule has 0 aliphatic carbocycles. The molecular weight excluding hydrogens is 508 g/mol. The molecule has 0 radical (unpaired) electrons. The van der Waals surface area contributed by atoms with E-state index in [9.17, 15) is 9.18 Å². The van der Waals surface area contributed by atoms with Crippen LogP contribution in [0.4, 0.5) is 4.39 Å². The summed E-state index contributed by atoms with van der Waals surface area (Å²) in [6.45, 7) is 5.23. The van der Waals surface area contributed by atoms with Crippen molar-refractivity contribution in [2.75, 3.05) is 40.3 Å². The number of amides is 1. The highest BCUT2D eigenvalue weighted by atomic mass is 127.